The first-order chi connectivity index (χ1) is 6.45. The summed E-state index contributed by atoms with van der Waals surface area (Å²) in [4.78, 5) is 18.6. The van der Waals surface area contributed by atoms with Gasteiger partial charge in [0.25, 0.3) is 0 Å². The van der Waals surface area contributed by atoms with Crippen LogP contribution in [-0.4, -0.2) is 62.6 Å². The van der Waals surface area contributed by atoms with Crippen molar-refractivity contribution in [1.82, 2.24) is 0 Å². The Kier molecular flexibility index (Phi) is 37.4. The summed E-state index contributed by atoms with van der Waals surface area (Å²) in [6.07, 6.45) is 0. The van der Waals surface area contributed by atoms with Crippen LogP contribution in [0.4, 0.5) is 0 Å². The molecule has 0 bridgehead atoms. The molecule has 0 aromatic carbocycles. The topological polar surface area (TPSA) is 147 Å². The van der Waals surface area contributed by atoms with Gasteiger partial charge in [0, 0.05) is 0 Å². The van der Waals surface area contributed by atoms with E-state index in [4.69, 9.17) is 20.4 Å². The lowest BCUT2D eigenvalue weighted by molar-refractivity contribution is -0.134. The highest BCUT2D eigenvalue weighted by Gasteiger charge is 1.82. The lowest BCUT2D eigenvalue weighted by Gasteiger charge is -1.71. The minimum Gasteiger partial charge on any atom is -0.481 e. The first-order valence-electron chi connectivity index (χ1n) is 3.33. The fourth-order valence-corrected chi connectivity index (χ4v) is 0. The summed E-state index contributed by atoms with van der Waals surface area (Å²) in [6.45, 7) is -0.250. The van der Waals surface area contributed by atoms with Crippen LogP contribution in [-0.2, 0) is 9.59 Å². The molecule has 0 radical (unpaired) electrons. The van der Waals surface area contributed by atoms with Crippen LogP contribution >= 0.6 is 25.3 Å². The molecular formula is C6H16O7S2. The number of carbonyl (C=O) groups is 2. The molecule has 9 heteroatoms. The van der Waals surface area contributed by atoms with Gasteiger partial charge in [0.05, 0.1) is 24.7 Å². The van der Waals surface area contributed by atoms with Crippen molar-refractivity contribution in [1.29, 1.82) is 0 Å². The third-order valence-electron chi connectivity index (χ3n) is 0.371. The van der Waals surface area contributed by atoms with Gasteiger partial charge in [0.2, 0.25) is 0 Å². The maximum Gasteiger partial charge on any atom is 0.313 e. The molecule has 6 N–H and O–H groups in total. The van der Waals surface area contributed by atoms with Gasteiger partial charge in [0.1, 0.15) is 0 Å². The van der Waals surface area contributed by atoms with E-state index in [1.807, 2.05) is 0 Å². The van der Waals surface area contributed by atoms with Gasteiger partial charge in [0.15, 0.2) is 0 Å². The van der Waals surface area contributed by atoms with Gasteiger partial charge >= 0.3 is 11.9 Å². The van der Waals surface area contributed by atoms with E-state index in [0.29, 0.717) is 0 Å². The van der Waals surface area contributed by atoms with Crippen molar-refractivity contribution in [2.75, 3.05) is 24.7 Å². The predicted molar refractivity (Wildman–Crippen MR) is 60.8 cm³/mol. The number of aliphatic hydroxyl groups excluding tert-OH is 2. The highest BCUT2D eigenvalue weighted by atomic mass is 32.1. The molecule has 0 aliphatic rings. The second kappa shape index (κ2) is 23.4. The van der Waals surface area contributed by atoms with Crippen molar-refractivity contribution < 1.29 is 35.5 Å². The minimum absolute atomic E-state index is 0. The lowest BCUT2D eigenvalue weighted by atomic mass is 10.8. The molecule has 0 aromatic heterocycles. The summed E-state index contributed by atoms with van der Waals surface area (Å²) in [5, 5.41) is 30.5. The molecule has 0 saturated heterocycles. The standard InChI is InChI=1S/2C2H4O2S.C2H6O2.H2O/c2*3-2(4)1-5;3-1-2-4;/h2*5H,1H2,(H,3,4);3-4H,1-2H2;1H2. The van der Waals surface area contributed by atoms with Crippen molar-refractivity contribution in [2.45, 2.75) is 0 Å². The Hall–Kier alpha value is -0.480. The van der Waals surface area contributed by atoms with Gasteiger partial charge in [-0.05, 0) is 0 Å². The van der Waals surface area contributed by atoms with Gasteiger partial charge in [-0.25, -0.2) is 0 Å². The number of rotatable bonds is 3. The molecule has 0 unspecified atom stereocenters. The maximum absolute atomic E-state index is 9.29. The number of thiol groups is 2. The van der Waals surface area contributed by atoms with E-state index in [2.05, 4.69) is 25.3 Å². The molecule has 0 aliphatic carbocycles. The predicted octanol–water partition coefficient (Wildman–Crippen LogP) is -1.85. The molecule has 0 atom stereocenters. The molecule has 15 heavy (non-hydrogen) atoms. The smallest absolute Gasteiger partial charge is 0.313 e. The molecule has 7 nitrogen and oxygen atoms in total. The number of aliphatic hydroxyl groups is 2. The molecule has 0 aromatic rings. The monoisotopic (exact) mass is 264 g/mol. The van der Waals surface area contributed by atoms with Crippen LogP contribution in [0.5, 0.6) is 0 Å². The first kappa shape index (κ1) is 24.0. The maximum atomic E-state index is 9.29. The molecule has 0 aliphatic heterocycles. The first-order valence-corrected chi connectivity index (χ1v) is 4.59. The second-order valence-electron chi connectivity index (χ2n) is 1.55. The van der Waals surface area contributed by atoms with E-state index in [1.165, 1.54) is 0 Å². The second-order valence-corrected chi connectivity index (χ2v) is 2.18. The number of aliphatic carboxylic acids is 2. The van der Waals surface area contributed by atoms with E-state index >= 15 is 0 Å². The fraction of sp³-hybridized carbons (Fsp3) is 0.667. The van der Waals surface area contributed by atoms with Gasteiger partial charge in [-0.2, -0.15) is 25.3 Å². The minimum atomic E-state index is -0.881. The van der Waals surface area contributed by atoms with Gasteiger partial charge < -0.3 is 25.9 Å². The normalized spacial score (nSPS) is 6.93. The van der Waals surface area contributed by atoms with E-state index in [-0.39, 0.29) is 30.2 Å². The highest BCUT2D eigenvalue weighted by Crippen LogP contribution is 1.66. The quantitative estimate of drug-likeness (QED) is 0.330. The average molecular weight is 264 g/mol. The van der Waals surface area contributed by atoms with Gasteiger partial charge in [-0.3, -0.25) is 9.59 Å². The van der Waals surface area contributed by atoms with Crippen molar-refractivity contribution in [2.24, 2.45) is 0 Å². The summed E-state index contributed by atoms with van der Waals surface area (Å²) >= 11 is 6.83. The largest absolute Gasteiger partial charge is 0.481 e. The summed E-state index contributed by atoms with van der Waals surface area (Å²) in [5.41, 5.74) is 0. The Morgan fingerprint density at radius 1 is 0.867 bits per heavy atom. The summed E-state index contributed by atoms with van der Waals surface area (Å²) < 4.78 is 0. The Labute approximate surface area is 97.9 Å². The molecule has 0 fully saturated rings. The van der Waals surface area contributed by atoms with Crippen LogP contribution in [0.25, 0.3) is 0 Å². The third kappa shape index (κ3) is 87.8. The average Bonchev–Trinajstić information content (AvgIpc) is 2.19. The number of carboxylic acid groups (broad SMARTS) is 2. The third-order valence-corrected chi connectivity index (χ3v) is 0.912. The summed E-state index contributed by atoms with van der Waals surface area (Å²) in [5.74, 6) is -1.93. The molecular weight excluding hydrogens is 248 g/mol. The SMILES string of the molecule is O.O=C(O)CS.O=C(O)CS.OCCO. The zero-order valence-corrected chi connectivity index (χ0v) is 9.62. The van der Waals surface area contributed by atoms with Crippen LogP contribution in [0.3, 0.4) is 0 Å². The summed E-state index contributed by atoms with van der Waals surface area (Å²) in [7, 11) is 0. The van der Waals surface area contributed by atoms with Gasteiger partial charge in [-0.15, -0.1) is 0 Å². The fourth-order valence-electron chi connectivity index (χ4n) is 0. The van der Waals surface area contributed by atoms with E-state index in [0.717, 1.165) is 0 Å². The Morgan fingerprint density at radius 2 is 1.00 bits per heavy atom. The highest BCUT2D eigenvalue weighted by molar-refractivity contribution is 7.81. The molecule has 0 spiro atoms. The lowest BCUT2D eigenvalue weighted by Crippen LogP contribution is -1.92. The van der Waals surface area contributed by atoms with E-state index < -0.39 is 11.9 Å². The van der Waals surface area contributed by atoms with Crippen LogP contribution in [0, 0.1) is 0 Å². The molecule has 0 saturated carbocycles. The molecule has 0 rings (SSSR count). The Bertz CT molecular complexity index is 125. The van der Waals surface area contributed by atoms with Crippen molar-refractivity contribution >= 4 is 37.2 Å². The molecule has 94 valence electrons. The Balaban J connectivity index is -0.0000000590. The van der Waals surface area contributed by atoms with Crippen LogP contribution in [0.15, 0.2) is 0 Å². The number of hydrogen-bond donors (Lipinski definition) is 6. The van der Waals surface area contributed by atoms with Crippen molar-refractivity contribution in [3.63, 3.8) is 0 Å². The zero-order valence-electron chi connectivity index (χ0n) is 7.83. The number of hydrogen-bond acceptors (Lipinski definition) is 6. The molecule has 0 heterocycles. The van der Waals surface area contributed by atoms with Crippen LogP contribution in [0.2, 0.25) is 0 Å². The van der Waals surface area contributed by atoms with E-state index in [9.17, 15) is 9.59 Å². The summed E-state index contributed by atoms with van der Waals surface area (Å²) in [6, 6.07) is 0. The van der Waals surface area contributed by atoms with E-state index in [1.54, 1.807) is 0 Å². The number of carboxylic acids is 2. The zero-order chi connectivity index (χ0) is 12.0. The molecule has 0 amide bonds. The van der Waals surface area contributed by atoms with Crippen molar-refractivity contribution in [3.8, 4) is 0 Å². The van der Waals surface area contributed by atoms with Crippen LogP contribution < -0.4 is 0 Å². The van der Waals surface area contributed by atoms with Gasteiger partial charge in [-0.1, -0.05) is 0 Å². The van der Waals surface area contributed by atoms with Crippen LogP contribution in [0.1, 0.15) is 0 Å². The Morgan fingerprint density at radius 3 is 1.00 bits per heavy atom. The van der Waals surface area contributed by atoms with Crippen molar-refractivity contribution in [3.05, 3.63) is 0 Å².